The van der Waals surface area contributed by atoms with Gasteiger partial charge in [-0.1, -0.05) is 18.5 Å². The van der Waals surface area contributed by atoms with Gasteiger partial charge in [-0.2, -0.15) is 0 Å². The third-order valence-electron chi connectivity index (χ3n) is 4.77. The van der Waals surface area contributed by atoms with Crippen molar-refractivity contribution < 1.29 is 4.39 Å². The summed E-state index contributed by atoms with van der Waals surface area (Å²) < 4.78 is 17.1. The van der Waals surface area contributed by atoms with Crippen LogP contribution in [0.1, 0.15) is 36.2 Å². The topological polar surface area (TPSA) is 20.7 Å². The number of benzene rings is 1. The standard InChI is InChI=1S/C15H14ClFN2S/c1-2-12-13-10-6-15(10,7-19(13)14(20)18-12)9-5-8(16)3-4-11(9)17/h3-5,10H,2,6-7H2,1H3,(H,18,20)/t10-,15+/m0/s1. The minimum Gasteiger partial charge on any atom is -0.334 e. The van der Waals surface area contributed by atoms with E-state index in [-0.39, 0.29) is 11.2 Å². The Balaban J connectivity index is 1.85. The summed E-state index contributed by atoms with van der Waals surface area (Å²) in [5.74, 6) is 0.217. The van der Waals surface area contributed by atoms with E-state index in [1.807, 2.05) is 0 Å². The highest BCUT2D eigenvalue weighted by Gasteiger charge is 2.63. The second-order valence-electron chi connectivity index (χ2n) is 5.77. The van der Waals surface area contributed by atoms with Crippen molar-refractivity contribution in [3.05, 3.63) is 50.8 Å². The van der Waals surface area contributed by atoms with Crippen molar-refractivity contribution in [3.63, 3.8) is 0 Å². The number of aromatic amines is 1. The summed E-state index contributed by atoms with van der Waals surface area (Å²) >= 11 is 11.4. The maximum atomic E-state index is 14.2. The van der Waals surface area contributed by atoms with E-state index >= 15 is 0 Å². The smallest absolute Gasteiger partial charge is 0.177 e. The summed E-state index contributed by atoms with van der Waals surface area (Å²) in [5, 5.41) is 0.596. The molecule has 1 saturated carbocycles. The van der Waals surface area contributed by atoms with Crippen LogP contribution in [0.5, 0.6) is 0 Å². The molecule has 5 heteroatoms. The third-order valence-corrected chi connectivity index (χ3v) is 5.32. The average molecular weight is 309 g/mol. The van der Waals surface area contributed by atoms with Crippen LogP contribution in [0, 0.1) is 10.6 Å². The fourth-order valence-corrected chi connectivity index (χ4v) is 4.20. The van der Waals surface area contributed by atoms with Gasteiger partial charge in [0.05, 0.1) is 0 Å². The molecule has 1 aliphatic heterocycles. The number of rotatable bonds is 2. The van der Waals surface area contributed by atoms with E-state index < -0.39 is 0 Å². The van der Waals surface area contributed by atoms with Crippen LogP contribution in [0.25, 0.3) is 0 Å². The number of hydrogen-bond acceptors (Lipinski definition) is 1. The summed E-state index contributed by atoms with van der Waals surface area (Å²) in [6.07, 6.45) is 1.92. The van der Waals surface area contributed by atoms with Gasteiger partial charge in [-0.3, -0.25) is 0 Å². The molecule has 0 spiro atoms. The SMILES string of the molecule is CCc1[nH]c(=S)n2c1[C@@H]1C[C@]1(c1cc(Cl)ccc1F)C2. The number of H-pyrrole nitrogens is 1. The summed E-state index contributed by atoms with van der Waals surface area (Å²) in [6, 6.07) is 4.85. The molecule has 0 radical (unpaired) electrons. The van der Waals surface area contributed by atoms with Gasteiger partial charge in [-0.25, -0.2) is 4.39 Å². The molecule has 1 N–H and O–H groups in total. The van der Waals surface area contributed by atoms with E-state index in [1.54, 1.807) is 12.1 Å². The van der Waals surface area contributed by atoms with Gasteiger partial charge in [-0.15, -0.1) is 0 Å². The molecule has 1 aliphatic carbocycles. The number of imidazole rings is 1. The summed E-state index contributed by atoms with van der Waals surface area (Å²) in [6.45, 7) is 2.88. The first-order chi connectivity index (χ1) is 9.56. The average Bonchev–Trinajstić information content (AvgIpc) is 2.92. The Morgan fingerprint density at radius 2 is 2.35 bits per heavy atom. The van der Waals surface area contributed by atoms with Crippen LogP contribution in [-0.2, 0) is 18.4 Å². The molecule has 1 aromatic carbocycles. The minimum atomic E-state index is -0.157. The number of nitrogens with zero attached hydrogens (tertiary/aromatic N) is 1. The van der Waals surface area contributed by atoms with Crippen LogP contribution in [0.15, 0.2) is 18.2 Å². The summed E-state index contributed by atoms with van der Waals surface area (Å²) in [5.41, 5.74) is 3.09. The van der Waals surface area contributed by atoms with Crippen molar-refractivity contribution in [1.82, 2.24) is 9.55 Å². The number of aryl methyl sites for hydroxylation is 1. The zero-order valence-corrected chi connectivity index (χ0v) is 12.6. The predicted molar refractivity (Wildman–Crippen MR) is 79.4 cm³/mol. The van der Waals surface area contributed by atoms with Crippen LogP contribution in [-0.4, -0.2) is 9.55 Å². The van der Waals surface area contributed by atoms with Gasteiger partial charge in [0, 0.05) is 34.3 Å². The Labute approximate surface area is 126 Å². The summed E-state index contributed by atoms with van der Waals surface area (Å²) in [7, 11) is 0. The zero-order valence-electron chi connectivity index (χ0n) is 11.0. The molecule has 0 saturated heterocycles. The Kier molecular flexibility index (Phi) is 2.49. The Bertz CT molecular complexity index is 779. The first-order valence-corrected chi connectivity index (χ1v) is 7.62. The lowest BCUT2D eigenvalue weighted by Crippen LogP contribution is -2.14. The van der Waals surface area contributed by atoms with E-state index in [0.29, 0.717) is 10.9 Å². The number of halogens is 2. The molecule has 0 bridgehead atoms. The van der Waals surface area contributed by atoms with E-state index in [4.69, 9.17) is 23.8 Å². The van der Waals surface area contributed by atoms with E-state index in [0.717, 1.165) is 29.7 Å². The largest absolute Gasteiger partial charge is 0.334 e. The number of fused-ring (bicyclic) bond motifs is 3. The van der Waals surface area contributed by atoms with Gasteiger partial charge < -0.3 is 9.55 Å². The molecule has 2 aromatic rings. The molecule has 2 nitrogen and oxygen atoms in total. The van der Waals surface area contributed by atoms with E-state index in [2.05, 4.69) is 16.5 Å². The predicted octanol–water partition coefficient (Wildman–Crippen LogP) is 4.34. The van der Waals surface area contributed by atoms with Gasteiger partial charge in [0.1, 0.15) is 5.82 Å². The lowest BCUT2D eigenvalue weighted by Gasteiger charge is -2.14. The van der Waals surface area contributed by atoms with Crippen molar-refractivity contribution in [2.75, 3.05) is 0 Å². The molecule has 104 valence electrons. The fraction of sp³-hybridized carbons (Fsp3) is 0.400. The van der Waals surface area contributed by atoms with Crippen molar-refractivity contribution in [3.8, 4) is 0 Å². The molecule has 0 unspecified atom stereocenters. The molecule has 1 aromatic heterocycles. The zero-order chi connectivity index (χ0) is 14.1. The van der Waals surface area contributed by atoms with Gasteiger partial charge in [0.25, 0.3) is 0 Å². The quantitative estimate of drug-likeness (QED) is 0.819. The second-order valence-corrected chi connectivity index (χ2v) is 6.59. The highest BCUT2D eigenvalue weighted by atomic mass is 35.5. The van der Waals surface area contributed by atoms with Crippen LogP contribution >= 0.6 is 23.8 Å². The van der Waals surface area contributed by atoms with Crippen molar-refractivity contribution in [2.45, 2.75) is 37.6 Å². The van der Waals surface area contributed by atoms with Gasteiger partial charge >= 0.3 is 0 Å². The molecule has 2 atom stereocenters. The highest BCUT2D eigenvalue weighted by Crippen LogP contribution is 2.66. The van der Waals surface area contributed by atoms with Crippen molar-refractivity contribution >= 4 is 23.8 Å². The fourth-order valence-electron chi connectivity index (χ4n) is 3.74. The Hall–Kier alpha value is -1.13. The van der Waals surface area contributed by atoms with Crippen molar-refractivity contribution in [1.29, 1.82) is 0 Å². The maximum Gasteiger partial charge on any atom is 0.177 e. The monoisotopic (exact) mass is 308 g/mol. The number of nitrogens with one attached hydrogen (secondary N) is 1. The molecule has 20 heavy (non-hydrogen) atoms. The normalized spacial score (nSPS) is 26.4. The molecule has 2 aliphatic rings. The third kappa shape index (κ3) is 1.46. The Morgan fingerprint density at radius 1 is 1.55 bits per heavy atom. The Morgan fingerprint density at radius 3 is 3.10 bits per heavy atom. The van der Waals surface area contributed by atoms with E-state index in [1.165, 1.54) is 17.5 Å². The van der Waals surface area contributed by atoms with Crippen molar-refractivity contribution in [2.24, 2.45) is 0 Å². The highest BCUT2D eigenvalue weighted by molar-refractivity contribution is 7.71. The molecular weight excluding hydrogens is 295 g/mol. The van der Waals surface area contributed by atoms with Gasteiger partial charge in [0.15, 0.2) is 4.77 Å². The minimum absolute atomic E-state index is 0.128. The van der Waals surface area contributed by atoms with Gasteiger partial charge in [-0.05, 0) is 48.8 Å². The first kappa shape index (κ1) is 12.6. The first-order valence-electron chi connectivity index (χ1n) is 6.84. The molecule has 1 fully saturated rings. The number of aromatic nitrogens is 2. The lowest BCUT2D eigenvalue weighted by atomic mass is 9.93. The van der Waals surface area contributed by atoms with Crippen LogP contribution in [0.4, 0.5) is 4.39 Å². The summed E-state index contributed by atoms with van der Waals surface area (Å²) in [4.78, 5) is 3.27. The van der Waals surface area contributed by atoms with Gasteiger partial charge in [0.2, 0.25) is 0 Å². The van der Waals surface area contributed by atoms with Crippen LogP contribution in [0.2, 0.25) is 5.02 Å². The number of hydrogen-bond donors (Lipinski definition) is 1. The molecular formula is C15H14ClFN2S. The van der Waals surface area contributed by atoms with E-state index in [9.17, 15) is 4.39 Å². The van der Waals surface area contributed by atoms with Crippen LogP contribution < -0.4 is 0 Å². The lowest BCUT2D eigenvalue weighted by molar-refractivity contribution is 0.530. The molecule has 2 heterocycles. The second kappa shape index (κ2) is 3.95. The molecule has 0 amide bonds. The maximum absolute atomic E-state index is 14.2. The van der Waals surface area contributed by atoms with Crippen LogP contribution in [0.3, 0.4) is 0 Å². The molecule has 4 rings (SSSR count).